The number of nitrogens with two attached hydrogens (primary N) is 1. The van der Waals surface area contributed by atoms with Crippen LogP contribution in [0.2, 0.25) is 0 Å². The molecule has 1 unspecified atom stereocenters. The average molecular weight is 414 g/mol. The molecule has 0 saturated carbocycles. The van der Waals surface area contributed by atoms with Gasteiger partial charge in [-0.15, -0.1) is 0 Å². The number of ether oxygens (including phenoxy) is 2. The van der Waals surface area contributed by atoms with Gasteiger partial charge in [-0.3, -0.25) is 14.5 Å². The highest BCUT2D eigenvalue weighted by molar-refractivity contribution is 9.12. The van der Waals surface area contributed by atoms with E-state index in [9.17, 15) is 19.5 Å². The molecule has 3 N–H and O–H groups in total. The molecule has 4 rings (SSSR count). The lowest BCUT2D eigenvalue weighted by Gasteiger charge is -2.37. The number of rotatable bonds is 3. The lowest BCUT2D eigenvalue weighted by Crippen LogP contribution is -2.53. The summed E-state index contributed by atoms with van der Waals surface area (Å²) in [4.78, 5) is 40.3. The first-order chi connectivity index (χ1) is 11.7. The highest BCUT2D eigenvalue weighted by Crippen LogP contribution is 2.57. The maximum Gasteiger partial charge on any atom is 0.404 e. The summed E-state index contributed by atoms with van der Waals surface area (Å²) in [6, 6.07) is -0.186. The van der Waals surface area contributed by atoms with Gasteiger partial charge in [0.25, 0.3) is 0 Å². The number of nitrogens with zero attached hydrogens (tertiary/aromatic N) is 2. The van der Waals surface area contributed by atoms with E-state index in [1.165, 1.54) is 7.11 Å². The minimum absolute atomic E-state index is 0.0199. The Kier molecular flexibility index (Phi) is 3.35. The van der Waals surface area contributed by atoms with E-state index in [1.54, 1.807) is 4.90 Å². The lowest BCUT2D eigenvalue weighted by molar-refractivity contribution is -0.126. The molecule has 3 heterocycles. The van der Waals surface area contributed by atoms with Crippen LogP contribution in [0.25, 0.3) is 0 Å². The molecule has 5 atom stereocenters. The molecule has 3 aliphatic heterocycles. The predicted octanol–water partition coefficient (Wildman–Crippen LogP) is -0.943. The Morgan fingerprint density at radius 2 is 2.12 bits per heavy atom. The highest BCUT2D eigenvalue weighted by atomic mass is 79.9. The second-order valence-electron chi connectivity index (χ2n) is 6.52. The number of hydrogen-bond donors (Lipinski definition) is 2. The van der Waals surface area contributed by atoms with Crippen LogP contribution in [0, 0.1) is 5.92 Å². The molecule has 0 spiro atoms. The predicted molar refractivity (Wildman–Crippen MR) is 86.0 cm³/mol. The Morgan fingerprint density at radius 1 is 1.44 bits per heavy atom. The van der Waals surface area contributed by atoms with Gasteiger partial charge in [0.1, 0.15) is 11.1 Å². The van der Waals surface area contributed by atoms with Gasteiger partial charge < -0.3 is 25.2 Å². The molecule has 9 nitrogen and oxygen atoms in total. The third-order valence-electron chi connectivity index (χ3n) is 5.52. The number of aliphatic hydroxyl groups is 1. The van der Waals surface area contributed by atoms with Crippen molar-refractivity contribution in [2.24, 2.45) is 11.7 Å². The molecule has 10 heteroatoms. The van der Waals surface area contributed by atoms with Gasteiger partial charge in [-0.1, -0.05) is 0 Å². The van der Waals surface area contributed by atoms with Crippen LogP contribution in [0.4, 0.5) is 4.79 Å². The number of carbonyl (C=O) groups excluding carboxylic acids is 3. The highest BCUT2D eigenvalue weighted by Gasteiger charge is 2.74. The number of fused-ring (bicyclic) bond motifs is 4. The van der Waals surface area contributed by atoms with Gasteiger partial charge in [-0.2, -0.15) is 0 Å². The van der Waals surface area contributed by atoms with Gasteiger partial charge in [0.15, 0.2) is 11.5 Å². The molecule has 134 valence electrons. The van der Waals surface area contributed by atoms with E-state index in [2.05, 4.69) is 15.9 Å². The molecule has 0 bridgehead atoms. The summed E-state index contributed by atoms with van der Waals surface area (Å²) in [7, 11) is 3.14. The van der Waals surface area contributed by atoms with Crippen LogP contribution in [0.5, 0.6) is 0 Å². The molecule has 2 saturated heterocycles. The largest absolute Gasteiger partial charge is 0.491 e. The number of amides is 1. The van der Waals surface area contributed by atoms with E-state index in [-0.39, 0.29) is 40.2 Å². The van der Waals surface area contributed by atoms with Crippen LogP contribution in [-0.4, -0.2) is 77.7 Å². The fourth-order valence-electron chi connectivity index (χ4n) is 4.39. The van der Waals surface area contributed by atoms with Crippen molar-refractivity contribution in [2.45, 2.75) is 17.8 Å². The standard InChI is InChI=1S/C15H16BrN3O6/c1-18-6-3-19-9-7(10(20)12(24-2)8(16)11(9)21)5(4-25-14(17)22)15(19,23)13(6)18/h5-6,13,23H,3-4H2,1-2H3,(H2,17,22)/t5-,6-,13-,15+,18?/m0/s1. The topological polar surface area (TPSA) is 122 Å². The molecule has 0 aromatic heterocycles. The summed E-state index contributed by atoms with van der Waals surface area (Å²) in [6.45, 7) is 0.108. The number of carbonyl (C=O) groups is 3. The van der Waals surface area contributed by atoms with Gasteiger partial charge in [0.05, 0.1) is 24.8 Å². The number of halogens is 1. The van der Waals surface area contributed by atoms with Crippen LogP contribution in [0.3, 0.4) is 0 Å². The summed E-state index contributed by atoms with van der Waals surface area (Å²) in [5.74, 6) is -1.96. The first kappa shape index (κ1) is 16.6. The van der Waals surface area contributed by atoms with Gasteiger partial charge >= 0.3 is 6.09 Å². The van der Waals surface area contributed by atoms with Gasteiger partial charge in [-0.05, 0) is 23.0 Å². The van der Waals surface area contributed by atoms with Crippen molar-refractivity contribution in [1.82, 2.24) is 9.80 Å². The van der Waals surface area contributed by atoms with Crippen molar-refractivity contribution in [3.05, 3.63) is 21.5 Å². The Bertz CT molecular complexity index is 792. The van der Waals surface area contributed by atoms with E-state index in [1.807, 2.05) is 11.9 Å². The summed E-state index contributed by atoms with van der Waals surface area (Å²) in [5.41, 5.74) is 3.78. The molecule has 1 amide bonds. The molecule has 0 aromatic carbocycles. The SMILES string of the molecule is COC1=C(Br)C(=O)C2=C(C1=O)[C@H](COC(N)=O)[C@@]1(O)[C@@H]3[C@H](CN21)N3C. The second-order valence-corrected chi connectivity index (χ2v) is 7.31. The summed E-state index contributed by atoms with van der Waals surface area (Å²) in [6.07, 6.45) is -1.01. The normalized spacial score (nSPS) is 38.6. The van der Waals surface area contributed by atoms with Crippen LogP contribution in [-0.2, 0) is 19.1 Å². The smallest absolute Gasteiger partial charge is 0.404 e. The first-order valence-corrected chi connectivity index (χ1v) is 8.45. The maximum atomic E-state index is 12.9. The molecule has 1 aliphatic carbocycles. The van der Waals surface area contributed by atoms with Crippen LogP contribution in [0.1, 0.15) is 0 Å². The Balaban J connectivity index is 1.82. The Hall–Kier alpha value is -1.91. The number of methoxy groups -OCH3 is 1. The van der Waals surface area contributed by atoms with Crippen molar-refractivity contribution < 1.29 is 29.0 Å². The zero-order valence-electron chi connectivity index (χ0n) is 13.5. The van der Waals surface area contributed by atoms with Gasteiger partial charge in [-0.25, -0.2) is 4.79 Å². The fraction of sp³-hybridized carbons (Fsp3) is 0.533. The summed E-state index contributed by atoms with van der Waals surface area (Å²) in [5, 5.41) is 11.4. The molecule has 0 aromatic rings. The molecule has 4 aliphatic rings. The van der Waals surface area contributed by atoms with Crippen LogP contribution in [0.15, 0.2) is 21.5 Å². The first-order valence-electron chi connectivity index (χ1n) is 7.66. The minimum Gasteiger partial charge on any atom is -0.491 e. The number of Topliss-reactive ketones (excluding diaryl/α,β-unsaturated/α-hetero) is 2. The third-order valence-corrected chi connectivity index (χ3v) is 6.24. The van der Waals surface area contributed by atoms with Gasteiger partial charge in [0.2, 0.25) is 11.6 Å². The van der Waals surface area contributed by atoms with Crippen LogP contribution < -0.4 is 5.73 Å². The number of allylic oxidation sites excluding steroid dienone is 2. The molecule has 0 radical (unpaired) electrons. The Morgan fingerprint density at radius 3 is 2.72 bits per heavy atom. The zero-order chi connectivity index (χ0) is 18.3. The van der Waals surface area contributed by atoms with Gasteiger partial charge in [0, 0.05) is 18.2 Å². The third kappa shape index (κ3) is 1.87. The van der Waals surface area contributed by atoms with E-state index < -0.39 is 29.3 Å². The average Bonchev–Trinajstić information content (AvgIpc) is 2.96. The molecular formula is C15H16BrN3O6. The molecule has 25 heavy (non-hydrogen) atoms. The van der Waals surface area contributed by atoms with E-state index in [4.69, 9.17) is 15.2 Å². The molecular weight excluding hydrogens is 398 g/mol. The quantitative estimate of drug-likeness (QED) is 0.448. The number of primary amides is 1. The number of hydrogen-bond acceptors (Lipinski definition) is 8. The van der Waals surface area contributed by atoms with E-state index >= 15 is 0 Å². The van der Waals surface area contributed by atoms with Crippen molar-refractivity contribution in [2.75, 3.05) is 27.3 Å². The fourth-order valence-corrected chi connectivity index (χ4v) is 4.92. The minimum atomic E-state index is -1.51. The summed E-state index contributed by atoms with van der Waals surface area (Å²) >= 11 is 3.12. The van der Waals surface area contributed by atoms with Crippen molar-refractivity contribution in [3.8, 4) is 0 Å². The van der Waals surface area contributed by atoms with E-state index in [0.29, 0.717) is 6.54 Å². The Labute approximate surface area is 151 Å². The van der Waals surface area contributed by atoms with Crippen molar-refractivity contribution in [1.29, 1.82) is 0 Å². The number of likely N-dealkylation sites (N-methyl/N-ethyl adjacent to an activating group) is 1. The zero-order valence-corrected chi connectivity index (χ0v) is 15.1. The number of ketones is 2. The maximum absolute atomic E-state index is 12.9. The van der Waals surface area contributed by atoms with Crippen molar-refractivity contribution >= 4 is 33.6 Å². The summed E-state index contributed by atoms with van der Waals surface area (Å²) < 4.78 is 9.98. The second kappa shape index (κ2) is 5.05. The van der Waals surface area contributed by atoms with Crippen molar-refractivity contribution in [3.63, 3.8) is 0 Å². The lowest BCUT2D eigenvalue weighted by atomic mass is 9.84. The van der Waals surface area contributed by atoms with E-state index in [0.717, 1.165) is 0 Å². The molecule has 2 fully saturated rings. The van der Waals surface area contributed by atoms with Crippen LogP contribution >= 0.6 is 15.9 Å². The number of piperazine rings is 1. The monoisotopic (exact) mass is 413 g/mol.